The molecular formula is C41H56N10O6. The van der Waals surface area contributed by atoms with Crippen LogP contribution < -0.4 is 26.6 Å². The van der Waals surface area contributed by atoms with Gasteiger partial charge in [0.25, 0.3) is 11.8 Å². The molecule has 0 spiro atoms. The minimum atomic E-state index is -1.52. The maximum absolute atomic E-state index is 13.6. The van der Waals surface area contributed by atoms with Crippen LogP contribution in [0.3, 0.4) is 0 Å². The maximum atomic E-state index is 13.6. The summed E-state index contributed by atoms with van der Waals surface area (Å²) >= 11 is 0. The van der Waals surface area contributed by atoms with Crippen molar-refractivity contribution in [1.29, 1.82) is 0 Å². The Bertz CT molecular complexity index is 1880. The summed E-state index contributed by atoms with van der Waals surface area (Å²) in [5.74, 6) is -1.21. The number of benzene rings is 2. The van der Waals surface area contributed by atoms with Gasteiger partial charge >= 0.3 is 6.03 Å². The molecule has 0 unspecified atom stereocenters. The Morgan fingerprint density at radius 3 is 2.16 bits per heavy atom. The Kier molecular flexibility index (Phi) is 14.4. The van der Waals surface area contributed by atoms with E-state index < -0.39 is 36.4 Å². The van der Waals surface area contributed by atoms with Gasteiger partial charge in [0.05, 0.1) is 6.33 Å². The predicted octanol–water partition coefficient (Wildman–Crippen LogP) is 2.90. The highest BCUT2D eigenvalue weighted by Gasteiger charge is 2.47. The molecule has 1 aliphatic carbocycles. The van der Waals surface area contributed by atoms with E-state index in [9.17, 15) is 24.6 Å². The number of aliphatic hydroxyl groups excluding tert-OH is 2. The van der Waals surface area contributed by atoms with Crippen molar-refractivity contribution in [3.05, 3.63) is 83.9 Å². The number of hydrogen-bond donors (Lipinski definition) is 7. The smallest absolute Gasteiger partial charge is 0.314 e. The molecule has 1 saturated heterocycles. The van der Waals surface area contributed by atoms with Crippen molar-refractivity contribution < 1.29 is 29.3 Å². The molecule has 0 bridgehead atoms. The first kappa shape index (κ1) is 41.5. The summed E-state index contributed by atoms with van der Waals surface area (Å²) in [6.45, 7) is 8.36. The highest BCUT2D eigenvalue weighted by molar-refractivity contribution is 5.94. The van der Waals surface area contributed by atoms with Gasteiger partial charge in [0.1, 0.15) is 12.2 Å². The first-order valence-electron chi connectivity index (χ1n) is 20.1. The first-order chi connectivity index (χ1) is 27.7. The zero-order valence-corrected chi connectivity index (χ0v) is 32.9. The van der Waals surface area contributed by atoms with Gasteiger partial charge in [-0.1, -0.05) is 79.9 Å². The van der Waals surface area contributed by atoms with Gasteiger partial charge in [-0.15, -0.1) is 0 Å². The van der Waals surface area contributed by atoms with Gasteiger partial charge in [-0.3, -0.25) is 19.1 Å². The summed E-state index contributed by atoms with van der Waals surface area (Å²) in [7, 11) is 0. The van der Waals surface area contributed by atoms with E-state index in [4.69, 9.17) is 4.74 Å². The summed E-state index contributed by atoms with van der Waals surface area (Å²) in [5, 5.41) is 36.3. The van der Waals surface area contributed by atoms with Gasteiger partial charge in [0.15, 0.2) is 29.3 Å². The Labute approximate surface area is 333 Å². The SMILES string of the molecule is CCNC(=O)[C@H]1O[C@@H](n2cnc3c(NCC(c4ccccc4)c4ccccc4)nc(C(=O)NCCNC(=O)NCCN(C(C)C)C4CCCCC4)nc32)[C@H](O)[C@@H]1O. The molecule has 4 atom stereocenters. The highest BCUT2D eigenvalue weighted by Crippen LogP contribution is 2.33. The molecule has 2 aromatic carbocycles. The molecule has 3 heterocycles. The van der Waals surface area contributed by atoms with Crippen LogP contribution >= 0.6 is 0 Å². The van der Waals surface area contributed by atoms with Crippen LogP contribution in [0.15, 0.2) is 67.0 Å². The number of hydrogen-bond acceptors (Lipinski definition) is 11. The normalized spacial score (nSPS) is 19.9. The molecule has 2 aliphatic rings. The van der Waals surface area contributed by atoms with Gasteiger partial charge < -0.3 is 41.5 Å². The van der Waals surface area contributed by atoms with E-state index in [0.717, 1.165) is 17.7 Å². The first-order valence-corrected chi connectivity index (χ1v) is 20.1. The van der Waals surface area contributed by atoms with E-state index in [1.807, 2.05) is 60.7 Å². The van der Waals surface area contributed by atoms with E-state index in [2.05, 4.69) is 60.3 Å². The predicted molar refractivity (Wildman–Crippen MR) is 216 cm³/mol. The molecule has 57 heavy (non-hydrogen) atoms. The average molecular weight is 785 g/mol. The minimum absolute atomic E-state index is 0.0947. The molecule has 7 N–H and O–H groups in total. The van der Waals surface area contributed by atoms with E-state index >= 15 is 0 Å². The molecular weight excluding hydrogens is 729 g/mol. The Balaban J connectivity index is 1.16. The van der Waals surface area contributed by atoms with E-state index in [1.165, 1.54) is 43.0 Å². The second kappa shape index (κ2) is 19.8. The molecule has 2 fully saturated rings. The van der Waals surface area contributed by atoms with Crippen LogP contribution in [0.2, 0.25) is 0 Å². The molecule has 6 rings (SSSR count). The summed E-state index contributed by atoms with van der Waals surface area (Å²) in [4.78, 5) is 55.0. The Hall–Kier alpha value is -5.16. The molecule has 1 aliphatic heterocycles. The third kappa shape index (κ3) is 10.2. The van der Waals surface area contributed by atoms with E-state index in [-0.39, 0.29) is 47.8 Å². The van der Waals surface area contributed by atoms with Crippen LogP contribution in [-0.4, -0.2) is 122 Å². The molecule has 1 saturated carbocycles. The number of ether oxygens (including phenoxy) is 1. The summed E-state index contributed by atoms with van der Waals surface area (Å²) in [6.07, 6.45) is 1.95. The Morgan fingerprint density at radius 1 is 0.860 bits per heavy atom. The number of aliphatic hydroxyl groups is 2. The fourth-order valence-electron chi connectivity index (χ4n) is 7.77. The van der Waals surface area contributed by atoms with Crippen LogP contribution in [0, 0.1) is 0 Å². The number of imidazole rings is 1. The molecule has 4 amide bonds. The van der Waals surface area contributed by atoms with Gasteiger partial charge in [0, 0.05) is 57.3 Å². The summed E-state index contributed by atoms with van der Waals surface area (Å²) in [5.41, 5.74) is 2.56. The van der Waals surface area contributed by atoms with E-state index in [1.54, 1.807) is 6.92 Å². The zero-order chi connectivity index (χ0) is 40.3. The number of nitrogens with one attached hydrogen (secondary N) is 5. The standard InChI is InChI=1S/C41H56N10O6/c1-4-42-38(54)34-32(52)33(53)40(57-34)51-25-47-31-35(46-24-30(27-14-8-5-9-15-27)28-16-10-6-11-17-28)48-36(49-37(31)51)39(55)43-20-21-44-41(56)45-22-23-50(26(2)3)29-18-12-7-13-19-29/h5-6,8-11,14-17,25-26,29-30,32-34,40,52-53H,4,7,12-13,18-24H2,1-3H3,(H,42,54)(H,43,55)(H2,44,45,56)(H,46,48,49)/t32-,33+,34-,40+/m0/s1. The second-order valence-corrected chi connectivity index (χ2v) is 14.9. The number of carbonyl (C=O) groups excluding carboxylic acids is 3. The van der Waals surface area contributed by atoms with Crippen LogP contribution in [0.4, 0.5) is 10.6 Å². The molecule has 16 heteroatoms. The largest absolute Gasteiger partial charge is 0.387 e. The molecule has 0 radical (unpaired) electrons. The zero-order valence-electron chi connectivity index (χ0n) is 32.9. The molecule has 16 nitrogen and oxygen atoms in total. The monoisotopic (exact) mass is 784 g/mol. The van der Waals surface area contributed by atoms with Crippen LogP contribution in [0.1, 0.15) is 86.8 Å². The van der Waals surface area contributed by atoms with Crippen molar-refractivity contribution in [1.82, 2.24) is 45.7 Å². The van der Waals surface area contributed by atoms with E-state index in [0.29, 0.717) is 31.7 Å². The van der Waals surface area contributed by atoms with Crippen molar-refractivity contribution in [2.45, 2.75) is 95.4 Å². The number of carbonyl (C=O) groups is 3. The number of likely N-dealkylation sites (N-methyl/N-ethyl adjacent to an activating group) is 1. The maximum Gasteiger partial charge on any atom is 0.314 e. The number of anilines is 1. The van der Waals surface area contributed by atoms with Crippen molar-refractivity contribution in [2.75, 3.05) is 44.6 Å². The van der Waals surface area contributed by atoms with Gasteiger partial charge in [-0.05, 0) is 44.7 Å². The number of urea groups is 1. The fourth-order valence-corrected chi connectivity index (χ4v) is 7.77. The van der Waals surface area contributed by atoms with Crippen LogP contribution in [-0.2, 0) is 9.53 Å². The lowest BCUT2D eigenvalue weighted by Gasteiger charge is -2.37. The number of fused-ring (bicyclic) bond motifs is 1. The van der Waals surface area contributed by atoms with Gasteiger partial charge in [-0.25, -0.2) is 19.7 Å². The molecule has 306 valence electrons. The Morgan fingerprint density at radius 2 is 1.51 bits per heavy atom. The average Bonchev–Trinajstić information content (AvgIpc) is 3.78. The topological polar surface area (TPSA) is 208 Å². The number of nitrogens with zero attached hydrogens (tertiary/aromatic N) is 5. The van der Waals surface area contributed by atoms with Crippen LogP contribution in [0.25, 0.3) is 11.2 Å². The number of amides is 4. The van der Waals surface area contributed by atoms with Gasteiger partial charge in [0.2, 0.25) is 5.82 Å². The quantitative estimate of drug-likeness (QED) is 0.0775. The van der Waals surface area contributed by atoms with Crippen LogP contribution in [0.5, 0.6) is 0 Å². The van der Waals surface area contributed by atoms with Crippen molar-refractivity contribution >= 4 is 34.8 Å². The highest BCUT2D eigenvalue weighted by atomic mass is 16.6. The lowest BCUT2D eigenvalue weighted by Crippen LogP contribution is -2.47. The van der Waals surface area contributed by atoms with Gasteiger partial charge in [-0.2, -0.15) is 0 Å². The molecule has 4 aromatic rings. The third-order valence-corrected chi connectivity index (χ3v) is 10.7. The number of aromatic nitrogens is 4. The van der Waals surface area contributed by atoms with Crippen molar-refractivity contribution in [3.8, 4) is 0 Å². The lowest BCUT2D eigenvalue weighted by atomic mass is 9.91. The lowest BCUT2D eigenvalue weighted by molar-refractivity contribution is -0.137. The second-order valence-electron chi connectivity index (χ2n) is 14.9. The molecule has 2 aromatic heterocycles. The third-order valence-electron chi connectivity index (χ3n) is 10.7. The summed E-state index contributed by atoms with van der Waals surface area (Å²) in [6, 6.07) is 20.6. The summed E-state index contributed by atoms with van der Waals surface area (Å²) < 4.78 is 7.26. The fraction of sp³-hybridized carbons (Fsp3) is 0.512. The number of rotatable bonds is 17. The van der Waals surface area contributed by atoms with Crippen molar-refractivity contribution in [3.63, 3.8) is 0 Å². The minimum Gasteiger partial charge on any atom is -0.387 e. The van der Waals surface area contributed by atoms with Crippen molar-refractivity contribution in [2.24, 2.45) is 0 Å².